The third-order valence-electron chi connectivity index (χ3n) is 1.04. The Kier molecular flexibility index (Phi) is 31.5. The molecule has 0 aromatic heterocycles. The molecule has 0 saturated carbocycles. The van der Waals surface area contributed by atoms with Crippen LogP contribution in [-0.2, 0) is 9.47 Å². The van der Waals surface area contributed by atoms with Gasteiger partial charge in [0.1, 0.15) is 0 Å². The second-order valence-corrected chi connectivity index (χ2v) is 2.94. The minimum absolute atomic E-state index is 0. The van der Waals surface area contributed by atoms with Gasteiger partial charge >= 0.3 is 10.9 Å². The predicted octanol–water partition coefficient (Wildman–Crippen LogP) is 2.76. The minimum atomic E-state index is -0.873. The summed E-state index contributed by atoms with van der Waals surface area (Å²) in [6.45, 7) is 0.423. The zero-order valence-electron chi connectivity index (χ0n) is 8.53. The number of carbonyl (C=O) groups is 2. The molecule has 0 unspecified atom stereocenters. The maximum Gasteiger partial charge on any atom is 0.403 e. The van der Waals surface area contributed by atoms with E-state index < -0.39 is 10.9 Å². The smallest absolute Gasteiger partial charge is 0.403 e. The molecule has 0 aliphatic heterocycles. The fourth-order valence-corrected chi connectivity index (χ4v) is 0.589. The second-order valence-electron chi connectivity index (χ2n) is 2.33. The molecule has 0 rings (SSSR count). The van der Waals surface area contributed by atoms with Crippen molar-refractivity contribution >= 4 is 34.1 Å². The molecule has 0 bridgehead atoms. The molecule has 0 radical (unpaired) electrons. The average Bonchev–Trinajstić information content (AvgIpc) is 2.18. The summed E-state index contributed by atoms with van der Waals surface area (Å²) in [6, 6.07) is 0. The highest BCUT2D eigenvalue weighted by molar-refractivity contribution is 6.61. The maximum absolute atomic E-state index is 9.95. The summed E-state index contributed by atoms with van der Waals surface area (Å²) < 4.78 is 8.63. The first-order chi connectivity index (χ1) is 7.54. The predicted molar refractivity (Wildman–Crippen MR) is 71.3 cm³/mol. The molecule has 2 N–H and O–H groups in total. The summed E-state index contributed by atoms with van der Waals surface area (Å²) in [6.07, 6.45) is 0.886. The lowest BCUT2D eigenvalue weighted by Gasteiger charge is -1.99. The van der Waals surface area contributed by atoms with Crippen LogP contribution in [0.2, 0.25) is 0 Å². The van der Waals surface area contributed by atoms with Gasteiger partial charge in [-0.1, -0.05) is 14.9 Å². The number of halogens is 2. The van der Waals surface area contributed by atoms with Gasteiger partial charge in [0.15, 0.2) is 0 Å². The molecule has 0 aromatic rings. The molecule has 0 amide bonds. The first kappa shape index (κ1) is 26.1. The van der Waals surface area contributed by atoms with Crippen LogP contribution in [0.5, 0.6) is 0 Å². The van der Waals surface area contributed by atoms with Crippen molar-refractivity contribution in [1.82, 2.24) is 0 Å². The summed E-state index contributed by atoms with van der Waals surface area (Å²) in [5, 5.41) is 15.8. The minimum Gasteiger partial charge on any atom is -0.454 e. The van der Waals surface area contributed by atoms with E-state index in [4.69, 9.17) is 33.4 Å². The highest BCUT2D eigenvalue weighted by Gasteiger charge is 1.97. The third-order valence-corrected chi connectivity index (χ3v) is 1.25. The van der Waals surface area contributed by atoms with Crippen molar-refractivity contribution in [3.05, 3.63) is 0 Å². The SMILES string of the molecule is C.C.O=C(Cl)OCCCOC(=O)Cl.OCCCO. The molecule has 0 aromatic carbocycles. The molecular weight excluding hydrogens is 287 g/mol. The van der Waals surface area contributed by atoms with Gasteiger partial charge in [-0.3, -0.25) is 0 Å². The van der Waals surface area contributed by atoms with Crippen LogP contribution in [0.1, 0.15) is 27.7 Å². The van der Waals surface area contributed by atoms with E-state index in [-0.39, 0.29) is 41.3 Å². The summed E-state index contributed by atoms with van der Waals surface area (Å²) >= 11 is 9.65. The van der Waals surface area contributed by atoms with E-state index in [9.17, 15) is 9.59 Å². The van der Waals surface area contributed by atoms with E-state index in [2.05, 4.69) is 9.47 Å². The third kappa shape index (κ3) is 36.1. The van der Waals surface area contributed by atoms with Crippen molar-refractivity contribution in [2.75, 3.05) is 26.4 Å². The van der Waals surface area contributed by atoms with Crippen molar-refractivity contribution in [3.63, 3.8) is 0 Å². The van der Waals surface area contributed by atoms with E-state index in [0.29, 0.717) is 12.8 Å². The highest BCUT2D eigenvalue weighted by atomic mass is 35.5. The van der Waals surface area contributed by atoms with Gasteiger partial charge in [0.25, 0.3) is 0 Å². The molecule has 112 valence electrons. The van der Waals surface area contributed by atoms with Gasteiger partial charge in [0.05, 0.1) is 13.2 Å². The van der Waals surface area contributed by atoms with Crippen LogP contribution in [0.3, 0.4) is 0 Å². The van der Waals surface area contributed by atoms with Crippen molar-refractivity contribution < 1.29 is 29.3 Å². The van der Waals surface area contributed by atoms with E-state index >= 15 is 0 Å². The number of carbonyl (C=O) groups excluding carboxylic acids is 2. The number of aliphatic hydroxyl groups excluding tert-OH is 2. The van der Waals surface area contributed by atoms with E-state index in [1.807, 2.05) is 0 Å². The standard InChI is InChI=1S/C5H6Cl2O4.C3H8O2.2CH4/c6-4(8)10-2-1-3-11-5(7)9;4-2-1-3-5;;/h1-3H2;4-5H,1-3H2;2*1H4. The average molecular weight is 309 g/mol. The van der Waals surface area contributed by atoms with Gasteiger partial charge in [0, 0.05) is 42.8 Å². The number of hydrogen-bond donors (Lipinski definition) is 2. The number of ether oxygens (including phenoxy) is 2. The quantitative estimate of drug-likeness (QED) is 0.579. The van der Waals surface area contributed by atoms with Crippen molar-refractivity contribution in [2.24, 2.45) is 0 Å². The Morgan fingerprint density at radius 1 is 0.833 bits per heavy atom. The Morgan fingerprint density at radius 2 is 1.17 bits per heavy atom. The van der Waals surface area contributed by atoms with Crippen molar-refractivity contribution in [1.29, 1.82) is 0 Å². The molecular formula is C10H22Cl2O6. The largest absolute Gasteiger partial charge is 0.454 e. The Balaban J connectivity index is -0.000000122. The van der Waals surface area contributed by atoms with Gasteiger partial charge in [-0.15, -0.1) is 0 Å². The number of rotatable bonds is 6. The summed E-state index contributed by atoms with van der Waals surface area (Å²) in [7, 11) is 0. The fraction of sp³-hybridized carbons (Fsp3) is 0.800. The zero-order valence-corrected chi connectivity index (χ0v) is 10.0. The molecule has 18 heavy (non-hydrogen) atoms. The molecule has 0 fully saturated rings. The van der Waals surface area contributed by atoms with Crippen LogP contribution in [0, 0.1) is 0 Å². The summed E-state index contributed by atoms with van der Waals surface area (Å²) in [4.78, 5) is 19.9. The van der Waals surface area contributed by atoms with E-state index in [1.54, 1.807) is 0 Å². The van der Waals surface area contributed by atoms with E-state index in [0.717, 1.165) is 0 Å². The van der Waals surface area contributed by atoms with Gasteiger partial charge in [-0.05, 0) is 6.42 Å². The van der Waals surface area contributed by atoms with Crippen LogP contribution < -0.4 is 0 Å². The molecule has 6 nitrogen and oxygen atoms in total. The number of hydrogen-bond acceptors (Lipinski definition) is 6. The van der Waals surface area contributed by atoms with Crippen LogP contribution in [-0.4, -0.2) is 47.5 Å². The number of aliphatic hydroxyl groups is 2. The zero-order chi connectivity index (χ0) is 12.8. The Labute approximate surface area is 118 Å². The molecule has 0 atom stereocenters. The molecule has 8 heteroatoms. The van der Waals surface area contributed by atoms with Crippen LogP contribution >= 0.6 is 23.2 Å². The van der Waals surface area contributed by atoms with Crippen molar-refractivity contribution in [2.45, 2.75) is 27.7 Å². The van der Waals surface area contributed by atoms with Gasteiger partial charge < -0.3 is 19.7 Å². The van der Waals surface area contributed by atoms with Crippen LogP contribution in [0.4, 0.5) is 9.59 Å². The topological polar surface area (TPSA) is 93.1 Å². The van der Waals surface area contributed by atoms with Gasteiger partial charge in [-0.2, -0.15) is 0 Å². The lowest BCUT2D eigenvalue weighted by Crippen LogP contribution is -2.02. The molecule has 0 aliphatic rings. The molecule has 0 heterocycles. The highest BCUT2D eigenvalue weighted by Crippen LogP contribution is 1.92. The van der Waals surface area contributed by atoms with Crippen molar-refractivity contribution in [3.8, 4) is 0 Å². The van der Waals surface area contributed by atoms with Crippen LogP contribution in [0.25, 0.3) is 0 Å². The Morgan fingerprint density at radius 3 is 1.33 bits per heavy atom. The first-order valence-electron chi connectivity index (χ1n) is 4.40. The summed E-state index contributed by atoms with van der Waals surface area (Å²) in [5.74, 6) is 0. The molecule has 0 aliphatic carbocycles. The fourth-order valence-electron chi connectivity index (χ4n) is 0.434. The van der Waals surface area contributed by atoms with E-state index in [1.165, 1.54) is 0 Å². The molecule has 0 saturated heterocycles. The Hall–Kier alpha value is -0.560. The van der Waals surface area contributed by atoms with Gasteiger partial charge in [0.2, 0.25) is 0 Å². The molecule has 0 spiro atoms. The first-order valence-corrected chi connectivity index (χ1v) is 5.16. The van der Waals surface area contributed by atoms with Crippen LogP contribution in [0.15, 0.2) is 0 Å². The normalized spacial score (nSPS) is 7.78. The monoisotopic (exact) mass is 308 g/mol. The summed E-state index contributed by atoms with van der Waals surface area (Å²) in [5.41, 5.74) is -1.75. The second kappa shape index (κ2) is 21.7. The van der Waals surface area contributed by atoms with Gasteiger partial charge in [-0.25, -0.2) is 9.59 Å². The lowest BCUT2D eigenvalue weighted by atomic mass is 10.5. The maximum atomic E-state index is 9.95. The lowest BCUT2D eigenvalue weighted by molar-refractivity contribution is 0.144. The Bertz CT molecular complexity index is 171.